The third kappa shape index (κ3) is 4.50. The van der Waals surface area contributed by atoms with Crippen LogP contribution in [0.4, 0.5) is 5.82 Å². The Balaban J connectivity index is 1.70. The minimum absolute atomic E-state index is 0.0688. The van der Waals surface area contributed by atoms with Crippen LogP contribution >= 0.6 is 11.6 Å². The van der Waals surface area contributed by atoms with E-state index in [1.165, 1.54) is 6.42 Å². The summed E-state index contributed by atoms with van der Waals surface area (Å²) in [4.78, 5) is 23.0. The minimum atomic E-state index is -0.0688. The number of halogens is 1. The number of hydrogen-bond donors (Lipinski definition) is 1. The maximum atomic E-state index is 12.2. The minimum Gasteiger partial charge on any atom is -0.309 e. The first kappa shape index (κ1) is 15.9. The van der Waals surface area contributed by atoms with Crippen molar-refractivity contribution in [1.82, 2.24) is 14.9 Å². The highest BCUT2D eigenvalue weighted by Crippen LogP contribution is 2.20. The van der Waals surface area contributed by atoms with Crippen LogP contribution in [0.3, 0.4) is 0 Å². The van der Waals surface area contributed by atoms with Gasteiger partial charge >= 0.3 is 0 Å². The number of nitrogens with one attached hydrogen (secondary N) is 1. The van der Waals surface area contributed by atoms with Gasteiger partial charge in [-0.15, -0.1) is 0 Å². The van der Waals surface area contributed by atoms with Crippen LogP contribution in [-0.2, 0) is 4.79 Å². The second kappa shape index (κ2) is 7.53. The Kier molecular flexibility index (Phi) is 5.20. The average Bonchev–Trinajstić information content (AvgIpc) is 2.56. The maximum absolute atomic E-state index is 12.2. The number of aromatic nitrogens is 2. The number of amides is 1. The largest absolute Gasteiger partial charge is 0.309 e. The Hall–Kier alpha value is -1.98. The highest BCUT2D eigenvalue weighted by molar-refractivity contribution is 6.29. The van der Waals surface area contributed by atoms with Gasteiger partial charge in [0, 0.05) is 11.6 Å². The molecule has 0 atom stereocenters. The van der Waals surface area contributed by atoms with Crippen LogP contribution in [0.2, 0.25) is 5.15 Å². The molecule has 2 heterocycles. The molecule has 3 rings (SSSR count). The van der Waals surface area contributed by atoms with Crippen molar-refractivity contribution < 1.29 is 4.79 Å². The second-order valence-corrected chi connectivity index (χ2v) is 6.04. The number of piperidine rings is 1. The van der Waals surface area contributed by atoms with Crippen molar-refractivity contribution in [2.24, 2.45) is 0 Å². The van der Waals surface area contributed by atoms with Gasteiger partial charge in [0.25, 0.3) is 0 Å². The molecule has 120 valence electrons. The number of hydrogen-bond acceptors (Lipinski definition) is 4. The molecule has 23 heavy (non-hydrogen) atoms. The number of carbonyl (C=O) groups excluding carboxylic acids is 1. The lowest BCUT2D eigenvalue weighted by Crippen LogP contribution is -2.37. The number of carbonyl (C=O) groups is 1. The van der Waals surface area contributed by atoms with E-state index < -0.39 is 0 Å². The van der Waals surface area contributed by atoms with Crippen molar-refractivity contribution in [3.05, 3.63) is 41.6 Å². The molecule has 1 amide bonds. The Morgan fingerprint density at radius 1 is 1.13 bits per heavy atom. The molecule has 0 bridgehead atoms. The lowest BCUT2D eigenvalue weighted by Gasteiger charge is -2.25. The first-order valence-corrected chi connectivity index (χ1v) is 8.21. The molecule has 5 nitrogen and oxygen atoms in total. The van der Waals surface area contributed by atoms with E-state index in [1.807, 2.05) is 30.3 Å². The summed E-state index contributed by atoms with van der Waals surface area (Å²) in [5.74, 6) is 0.873. The summed E-state index contributed by atoms with van der Waals surface area (Å²) >= 11 is 6.06. The summed E-state index contributed by atoms with van der Waals surface area (Å²) in [6, 6.07) is 11.1. The zero-order chi connectivity index (χ0) is 16.1. The lowest BCUT2D eigenvalue weighted by molar-refractivity contribution is -0.117. The quantitative estimate of drug-likeness (QED) is 0.874. The molecule has 1 aliphatic heterocycles. The van der Waals surface area contributed by atoms with Gasteiger partial charge < -0.3 is 5.32 Å². The monoisotopic (exact) mass is 330 g/mol. The van der Waals surface area contributed by atoms with E-state index in [-0.39, 0.29) is 5.91 Å². The van der Waals surface area contributed by atoms with E-state index in [0.29, 0.717) is 23.3 Å². The van der Waals surface area contributed by atoms with Gasteiger partial charge in [0.05, 0.1) is 6.54 Å². The van der Waals surface area contributed by atoms with Crippen LogP contribution in [0, 0.1) is 0 Å². The van der Waals surface area contributed by atoms with Crippen LogP contribution < -0.4 is 5.32 Å². The summed E-state index contributed by atoms with van der Waals surface area (Å²) in [6.07, 6.45) is 3.57. The van der Waals surface area contributed by atoms with Crippen molar-refractivity contribution >= 4 is 23.3 Å². The molecular weight excluding hydrogens is 312 g/mol. The van der Waals surface area contributed by atoms with E-state index in [9.17, 15) is 4.79 Å². The summed E-state index contributed by atoms with van der Waals surface area (Å²) in [5.41, 5.74) is 0.863. The molecular formula is C17H19ClN4O. The standard InChI is InChI=1S/C17H19ClN4O/c18-14-11-15(20-16(23)12-22-9-5-2-6-10-22)21-17(19-14)13-7-3-1-4-8-13/h1,3-4,7-8,11H,2,5-6,9-10,12H2,(H,19,20,21,23). The third-order valence-corrected chi connectivity index (χ3v) is 4.00. The van der Waals surface area contributed by atoms with Gasteiger partial charge in [-0.05, 0) is 25.9 Å². The number of anilines is 1. The SMILES string of the molecule is O=C(CN1CCCCC1)Nc1cc(Cl)nc(-c2ccccc2)n1. The zero-order valence-corrected chi connectivity index (χ0v) is 13.6. The predicted octanol–water partition coefficient (Wildman–Crippen LogP) is 3.22. The highest BCUT2D eigenvalue weighted by atomic mass is 35.5. The van der Waals surface area contributed by atoms with Crippen molar-refractivity contribution in [2.75, 3.05) is 25.0 Å². The molecule has 0 spiro atoms. The molecule has 1 aromatic carbocycles. The van der Waals surface area contributed by atoms with Gasteiger partial charge in [-0.2, -0.15) is 0 Å². The van der Waals surface area contributed by atoms with Gasteiger partial charge in [-0.1, -0.05) is 48.4 Å². The van der Waals surface area contributed by atoms with Gasteiger partial charge in [-0.3, -0.25) is 9.69 Å². The van der Waals surface area contributed by atoms with Gasteiger partial charge in [-0.25, -0.2) is 9.97 Å². The smallest absolute Gasteiger partial charge is 0.239 e. The fourth-order valence-electron chi connectivity index (χ4n) is 2.70. The third-order valence-electron chi connectivity index (χ3n) is 3.81. The summed E-state index contributed by atoms with van der Waals surface area (Å²) < 4.78 is 0. The fraction of sp³-hybridized carbons (Fsp3) is 0.353. The Morgan fingerprint density at radius 3 is 2.61 bits per heavy atom. The summed E-state index contributed by atoms with van der Waals surface area (Å²) in [6.45, 7) is 2.35. The Morgan fingerprint density at radius 2 is 1.87 bits per heavy atom. The molecule has 2 aromatic rings. The molecule has 0 unspecified atom stereocenters. The lowest BCUT2D eigenvalue weighted by atomic mass is 10.1. The predicted molar refractivity (Wildman–Crippen MR) is 91.4 cm³/mol. The molecule has 1 N–H and O–H groups in total. The van der Waals surface area contributed by atoms with E-state index in [2.05, 4.69) is 20.2 Å². The zero-order valence-electron chi connectivity index (χ0n) is 12.8. The maximum Gasteiger partial charge on any atom is 0.239 e. The van der Waals surface area contributed by atoms with Crippen molar-refractivity contribution in [2.45, 2.75) is 19.3 Å². The van der Waals surface area contributed by atoms with Crippen molar-refractivity contribution in [3.8, 4) is 11.4 Å². The fourth-order valence-corrected chi connectivity index (χ4v) is 2.88. The van der Waals surface area contributed by atoms with Crippen LogP contribution in [0.25, 0.3) is 11.4 Å². The average molecular weight is 331 g/mol. The Bertz CT molecular complexity index is 672. The molecule has 1 aliphatic rings. The first-order valence-electron chi connectivity index (χ1n) is 7.83. The summed E-state index contributed by atoms with van der Waals surface area (Å²) in [5, 5.41) is 3.14. The topological polar surface area (TPSA) is 58.1 Å². The van der Waals surface area contributed by atoms with Gasteiger partial charge in [0.1, 0.15) is 11.0 Å². The molecule has 0 radical (unpaired) electrons. The van der Waals surface area contributed by atoms with E-state index >= 15 is 0 Å². The number of benzene rings is 1. The van der Waals surface area contributed by atoms with Gasteiger partial charge in [0.15, 0.2) is 5.82 Å². The molecule has 0 aliphatic carbocycles. The number of nitrogens with zero attached hydrogens (tertiary/aromatic N) is 3. The second-order valence-electron chi connectivity index (χ2n) is 5.65. The molecule has 1 fully saturated rings. The molecule has 6 heteroatoms. The van der Waals surface area contributed by atoms with Crippen molar-refractivity contribution in [1.29, 1.82) is 0 Å². The Labute approximate surface area is 140 Å². The molecule has 0 saturated carbocycles. The van der Waals surface area contributed by atoms with Crippen LogP contribution in [0.5, 0.6) is 0 Å². The molecule has 1 aromatic heterocycles. The van der Waals surface area contributed by atoms with Crippen molar-refractivity contribution in [3.63, 3.8) is 0 Å². The van der Waals surface area contributed by atoms with E-state index in [4.69, 9.17) is 11.6 Å². The highest BCUT2D eigenvalue weighted by Gasteiger charge is 2.15. The summed E-state index contributed by atoms with van der Waals surface area (Å²) in [7, 11) is 0. The van der Waals surface area contributed by atoms with Crippen LogP contribution in [-0.4, -0.2) is 40.4 Å². The normalized spacial score (nSPS) is 15.3. The first-order chi connectivity index (χ1) is 11.2. The van der Waals surface area contributed by atoms with Gasteiger partial charge in [0.2, 0.25) is 5.91 Å². The van der Waals surface area contributed by atoms with Crippen LogP contribution in [0.15, 0.2) is 36.4 Å². The number of likely N-dealkylation sites (tertiary alicyclic amines) is 1. The van der Waals surface area contributed by atoms with E-state index in [0.717, 1.165) is 31.5 Å². The van der Waals surface area contributed by atoms with E-state index in [1.54, 1.807) is 6.07 Å². The molecule has 1 saturated heterocycles. The number of rotatable bonds is 4. The van der Waals surface area contributed by atoms with Crippen LogP contribution in [0.1, 0.15) is 19.3 Å².